The van der Waals surface area contributed by atoms with E-state index in [1.54, 1.807) is 0 Å². The van der Waals surface area contributed by atoms with Crippen LogP contribution in [0.5, 0.6) is 0 Å². The summed E-state index contributed by atoms with van der Waals surface area (Å²) >= 11 is 0. The van der Waals surface area contributed by atoms with Gasteiger partial charge in [0, 0.05) is 12.6 Å². The normalized spacial score (nSPS) is 30.8. The molecule has 1 aliphatic heterocycles. The average Bonchev–Trinajstić information content (AvgIpc) is 2.72. The number of amidine groups is 1. The van der Waals surface area contributed by atoms with Crippen molar-refractivity contribution >= 4 is 11.7 Å². The van der Waals surface area contributed by atoms with Crippen molar-refractivity contribution < 1.29 is 10.0 Å². The van der Waals surface area contributed by atoms with E-state index in [4.69, 9.17) is 5.73 Å². The summed E-state index contributed by atoms with van der Waals surface area (Å²) in [6.07, 6.45) is 7.70. The van der Waals surface area contributed by atoms with Crippen molar-refractivity contribution in [3.63, 3.8) is 0 Å². The van der Waals surface area contributed by atoms with Gasteiger partial charge in [-0.2, -0.15) is 0 Å². The molecule has 0 spiro atoms. The molecule has 2 unspecified atom stereocenters. The van der Waals surface area contributed by atoms with E-state index in [-0.39, 0.29) is 17.8 Å². The summed E-state index contributed by atoms with van der Waals surface area (Å²) in [4.78, 5) is 15.2. The van der Waals surface area contributed by atoms with Crippen LogP contribution in [-0.4, -0.2) is 34.4 Å². The molecular weight excluding hydrogens is 266 g/mol. The van der Waals surface area contributed by atoms with E-state index in [2.05, 4.69) is 19.0 Å². The summed E-state index contributed by atoms with van der Waals surface area (Å²) in [5.41, 5.74) is 5.21. The monoisotopic (exact) mass is 295 g/mol. The molecule has 2 rings (SSSR count). The molecule has 5 nitrogen and oxygen atoms in total. The van der Waals surface area contributed by atoms with Gasteiger partial charge in [-0.05, 0) is 38.5 Å². The summed E-state index contributed by atoms with van der Waals surface area (Å²) in [5.74, 6) is 0.859. The van der Waals surface area contributed by atoms with Gasteiger partial charge in [0.25, 0.3) is 0 Å². The van der Waals surface area contributed by atoms with Crippen LogP contribution in [0.2, 0.25) is 0 Å². The molecule has 1 heterocycles. The number of amides is 1. The van der Waals surface area contributed by atoms with Crippen molar-refractivity contribution in [2.24, 2.45) is 22.2 Å². The maximum atomic E-state index is 13.2. The zero-order chi connectivity index (χ0) is 15.5. The molecule has 1 aliphatic carbocycles. The van der Waals surface area contributed by atoms with Crippen LogP contribution < -0.4 is 5.73 Å². The third-order valence-electron chi connectivity index (χ3n) is 5.36. The number of nitrogens with two attached hydrogens (primary N) is 1. The van der Waals surface area contributed by atoms with E-state index in [0.717, 1.165) is 45.1 Å². The van der Waals surface area contributed by atoms with Gasteiger partial charge < -0.3 is 15.8 Å². The molecule has 1 saturated carbocycles. The van der Waals surface area contributed by atoms with Crippen molar-refractivity contribution in [1.29, 1.82) is 0 Å². The number of carbonyl (C=O) groups excluding carboxylic acids is 1. The quantitative estimate of drug-likeness (QED) is 0.270. The molecule has 21 heavy (non-hydrogen) atoms. The highest BCUT2D eigenvalue weighted by Crippen LogP contribution is 2.39. The van der Waals surface area contributed by atoms with Gasteiger partial charge in [0.15, 0.2) is 5.84 Å². The third kappa shape index (κ3) is 3.16. The number of likely N-dealkylation sites (tertiary alicyclic amines) is 1. The predicted octanol–water partition coefficient (Wildman–Crippen LogP) is 2.72. The van der Waals surface area contributed by atoms with E-state index >= 15 is 0 Å². The fourth-order valence-corrected chi connectivity index (χ4v) is 3.99. The van der Waals surface area contributed by atoms with E-state index < -0.39 is 5.41 Å². The fourth-order valence-electron chi connectivity index (χ4n) is 3.99. The van der Waals surface area contributed by atoms with Crippen LogP contribution in [0.1, 0.15) is 65.2 Å². The number of nitrogens with zero attached hydrogens (tertiary/aromatic N) is 2. The van der Waals surface area contributed by atoms with Crippen LogP contribution in [0.3, 0.4) is 0 Å². The zero-order valence-corrected chi connectivity index (χ0v) is 13.3. The van der Waals surface area contributed by atoms with Gasteiger partial charge in [0.1, 0.15) is 5.41 Å². The van der Waals surface area contributed by atoms with Gasteiger partial charge in [-0.3, -0.25) is 4.79 Å². The van der Waals surface area contributed by atoms with E-state index in [0.29, 0.717) is 18.8 Å². The number of hydrogen-bond acceptors (Lipinski definition) is 3. The second kappa shape index (κ2) is 6.67. The Labute approximate surface area is 127 Å². The number of rotatable bonds is 2. The Kier molecular flexibility index (Phi) is 5.12. The molecule has 3 N–H and O–H groups in total. The van der Waals surface area contributed by atoms with Gasteiger partial charge in [-0.15, -0.1) is 0 Å². The highest BCUT2D eigenvalue weighted by atomic mass is 16.4. The lowest BCUT2D eigenvalue weighted by Crippen LogP contribution is -2.55. The van der Waals surface area contributed by atoms with Gasteiger partial charge in [0.2, 0.25) is 5.91 Å². The molecule has 2 fully saturated rings. The van der Waals surface area contributed by atoms with E-state index in [1.807, 2.05) is 4.90 Å². The Bertz CT molecular complexity index is 400. The zero-order valence-electron chi connectivity index (χ0n) is 13.3. The molecule has 0 radical (unpaired) electrons. The minimum atomic E-state index is -0.778. The van der Waals surface area contributed by atoms with Gasteiger partial charge >= 0.3 is 0 Å². The van der Waals surface area contributed by atoms with Crippen molar-refractivity contribution in [3.05, 3.63) is 0 Å². The Morgan fingerprint density at radius 3 is 2.38 bits per heavy atom. The summed E-state index contributed by atoms with van der Waals surface area (Å²) < 4.78 is 0. The minimum Gasteiger partial charge on any atom is -0.409 e. The lowest BCUT2D eigenvalue weighted by Gasteiger charge is -2.42. The smallest absolute Gasteiger partial charge is 0.236 e. The third-order valence-corrected chi connectivity index (χ3v) is 5.36. The molecule has 120 valence electrons. The molecule has 1 amide bonds. The first kappa shape index (κ1) is 16.1. The van der Waals surface area contributed by atoms with Crippen LogP contribution in [0.25, 0.3) is 0 Å². The highest BCUT2D eigenvalue weighted by Gasteiger charge is 2.46. The predicted molar refractivity (Wildman–Crippen MR) is 83.1 cm³/mol. The largest absolute Gasteiger partial charge is 0.409 e. The van der Waals surface area contributed by atoms with Gasteiger partial charge in [-0.1, -0.05) is 37.8 Å². The number of hydrogen-bond donors (Lipinski definition) is 2. The number of oxime groups is 1. The van der Waals surface area contributed by atoms with Crippen LogP contribution in [0.15, 0.2) is 5.16 Å². The van der Waals surface area contributed by atoms with Gasteiger partial charge in [0.05, 0.1) is 0 Å². The molecule has 0 aromatic rings. The molecule has 0 aromatic carbocycles. The summed E-state index contributed by atoms with van der Waals surface area (Å²) in [7, 11) is 0. The molecular formula is C16H29N3O2. The Hall–Kier alpha value is -1.26. The number of piperidine rings is 1. The Morgan fingerprint density at radius 1 is 1.24 bits per heavy atom. The summed E-state index contributed by atoms with van der Waals surface area (Å²) in [6, 6.07) is 0.243. The summed E-state index contributed by atoms with van der Waals surface area (Å²) in [5, 5.41) is 12.4. The van der Waals surface area contributed by atoms with Crippen LogP contribution in [-0.2, 0) is 4.79 Å². The SMILES string of the molecule is CC1CCN(C(=O)C2(C(N)=NO)CCCCCC2)C(C)C1. The van der Waals surface area contributed by atoms with Crippen molar-refractivity contribution in [2.45, 2.75) is 71.3 Å². The first-order valence-corrected chi connectivity index (χ1v) is 8.30. The van der Waals surface area contributed by atoms with Crippen LogP contribution in [0.4, 0.5) is 0 Å². The first-order chi connectivity index (χ1) is 10.0. The Balaban J connectivity index is 2.26. The van der Waals surface area contributed by atoms with Crippen LogP contribution >= 0.6 is 0 Å². The van der Waals surface area contributed by atoms with Crippen molar-refractivity contribution in [3.8, 4) is 0 Å². The standard InChI is InChI=1S/C16H29N3O2/c1-12-7-10-19(13(2)11-12)15(20)16(14(17)18-21)8-5-3-4-6-9-16/h12-13,21H,3-11H2,1-2H3,(H2,17,18). The molecule has 2 aliphatic rings. The second-order valence-electron chi connectivity index (χ2n) is 6.96. The van der Waals surface area contributed by atoms with Crippen LogP contribution in [0, 0.1) is 11.3 Å². The molecule has 5 heteroatoms. The second-order valence-corrected chi connectivity index (χ2v) is 6.96. The fraction of sp³-hybridized carbons (Fsp3) is 0.875. The topological polar surface area (TPSA) is 78.9 Å². The summed E-state index contributed by atoms with van der Waals surface area (Å²) in [6.45, 7) is 5.15. The minimum absolute atomic E-state index is 0.0825. The molecule has 2 atom stereocenters. The number of carbonyl (C=O) groups is 1. The first-order valence-electron chi connectivity index (χ1n) is 8.30. The maximum Gasteiger partial charge on any atom is 0.236 e. The molecule has 0 aromatic heterocycles. The average molecular weight is 295 g/mol. The van der Waals surface area contributed by atoms with E-state index in [1.165, 1.54) is 0 Å². The van der Waals surface area contributed by atoms with Gasteiger partial charge in [-0.25, -0.2) is 0 Å². The van der Waals surface area contributed by atoms with Crippen molar-refractivity contribution in [2.75, 3.05) is 6.54 Å². The van der Waals surface area contributed by atoms with E-state index in [9.17, 15) is 10.0 Å². The maximum absolute atomic E-state index is 13.2. The molecule has 1 saturated heterocycles. The lowest BCUT2D eigenvalue weighted by molar-refractivity contribution is -0.143. The highest BCUT2D eigenvalue weighted by molar-refractivity contribution is 6.06. The Morgan fingerprint density at radius 2 is 1.86 bits per heavy atom. The lowest BCUT2D eigenvalue weighted by atomic mass is 9.76. The van der Waals surface area contributed by atoms with Crippen molar-refractivity contribution in [1.82, 2.24) is 4.90 Å². The molecule has 0 bridgehead atoms.